The largest absolute Gasteiger partial charge is 0.305 e. The molecule has 1 atom stereocenters. The van der Waals surface area contributed by atoms with Gasteiger partial charge in [-0.3, -0.25) is 9.20 Å². The zero-order valence-electron chi connectivity index (χ0n) is 12.5. The molecule has 1 unspecified atom stereocenters. The highest BCUT2D eigenvalue weighted by Crippen LogP contribution is 2.26. The maximum atomic E-state index is 12.1. The van der Waals surface area contributed by atoms with Crippen LogP contribution in [0.25, 0.3) is 5.65 Å². The maximum Gasteiger partial charge on any atom is 0.258 e. The fourth-order valence-electron chi connectivity index (χ4n) is 2.41. The summed E-state index contributed by atoms with van der Waals surface area (Å²) in [6.07, 6.45) is 1.71. The molecule has 0 fully saturated rings. The van der Waals surface area contributed by atoms with Gasteiger partial charge in [-0.05, 0) is 36.8 Å². The van der Waals surface area contributed by atoms with E-state index in [1.165, 1.54) is 10.5 Å². The molecule has 4 nitrogen and oxygen atoms in total. The number of pyridine rings is 1. The van der Waals surface area contributed by atoms with Crippen LogP contribution in [0.1, 0.15) is 24.2 Å². The van der Waals surface area contributed by atoms with E-state index < -0.39 is 0 Å². The second kappa shape index (κ2) is 6.71. The van der Waals surface area contributed by atoms with Crippen molar-refractivity contribution in [2.45, 2.75) is 19.5 Å². The van der Waals surface area contributed by atoms with E-state index in [2.05, 4.69) is 10.3 Å². The van der Waals surface area contributed by atoms with E-state index >= 15 is 0 Å². The molecule has 0 bridgehead atoms. The molecule has 1 N–H and O–H groups in total. The average molecular weight is 348 g/mol. The molecule has 0 aliphatic heterocycles. The summed E-state index contributed by atoms with van der Waals surface area (Å²) in [7, 11) is 0. The van der Waals surface area contributed by atoms with E-state index in [-0.39, 0.29) is 11.6 Å². The fraction of sp³-hybridized carbons (Fsp3) is 0.176. The van der Waals surface area contributed by atoms with Gasteiger partial charge in [-0.2, -0.15) is 0 Å². The molecule has 6 heteroatoms. The SMILES string of the molecule is CC(NCc1cc(=O)n2ccccc2n1)c1ccc(Cl)cc1Cl. The van der Waals surface area contributed by atoms with E-state index in [4.69, 9.17) is 23.2 Å². The van der Waals surface area contributed by atoms with Crippen molar-refractivity contribution in [1.82, 2.24) is 14.7 Å². The Balaban J connectivity index is 1.79. The smallest absolute Gasteiger partial charge is 0.258 e. The zero-order valence-corrected chi connectivity index (χ0v) is 14.0. The molecule has 3 aromatic rings. The van der Waals surface area contributed by atoms with Crippen molar-refractivity contribution in [3.8, 4) is 0 Å². The number of benzene rings is 1. The van der Waals surface area contributed by atoms with Crippen molar-refractivity contribution in [2.75, 3.05) is 0 Å². The Morgan fingerprint density at radius 3 is 2.83 bits per heavy atom. The number of nitrogens with zero attached hydrogens (tertiary/aromatic N) is 2. The van der Waals surface area contributed by atoms with Gasteiger partial charge in [0.2, 0.25) is 0 Å². The van der Waals surface area contributed by atoms with Crippen LogP contribution < -0.4 is 10.9 Å². The fourth-order valence-corrected chi connectivity index (χ4v) is 2.99. The normalized spacial score (nSPS) is 12.5. The topological polar surface area (TPSA) is 46.4 Å². The Hall–Kier alpha value is -1.88. The Bertz CT molecular complexity index is 908. The molecule has 118 valence electrons. The lowest BCUT2D eigenvalue weighted by atomic mass is 10.1. The van der Waals surface area contributed by atoms with E-state index in [9.17, 15) is 4.79 Å². The van der Waals surface area contributed by atoms with Gasteiger partial charge in [0.25, 0.3) is 5.56 Å². The van der Waals surface area contributed by atoms with Crippen molar-refractivity contribution in [1.29, 1.82) is 0 Å². The van der Waals surface area contributed by atoms with Crippen LogP contribution in [-0.4, -0.2) is 9.38 Å². The minimum Gasteiger partial charge on any atom is -0.305 e. The Kier molecular flexibility index (Phi) is 4.66. The highest BCUT2D eigenvalue weighted by molar-refractivity contribution is 6.35. The summed E-state index contributed by atoms with van der Waals surface area (Å²) in [5, 5.41) is 4.55. The van der Waals surface area contributed by atoms with Crippen molar-refractivity contribution in [2.24, 2.45) is 0 Å². The molecule has 3 rings (SSSR count). The van der Waals surface area contributed by atoms with Crippen molar-refractivity contribution < 1.29 is 0 Å². The number of hydrogen-bond acceptors (Lipinski definition) is 3. The van der Waals surface area contributed by atoms with Gasteiger partial charge < -0.3 is 5.32 Å². The molecular weight excluding hydrogens is 333 g/mol. The maximum absolute atomic E-state index is 12.1. The van der Waals surface area contributed by atoms with Gasteiger partial charge in [0.15, 0.2) is 0 Å². The van der Waals surface area contributed by atoms with Gasteiger partial charge >= 0.3 is 0 Å². The minimum atomic E-state index is -0.0930. The number of halogens is 2. The Labute approximate surface area is 143 Å². The van der Waals surface area contributed by atoms with Crippen LogP contribution in [0.4, 0.5) is 0 Å². The number of hydrogen-bond donors (Lipinski definition) is 1. The van der Waals surface area contributed by atoms with Gasteiger partial charge in [0.1, 0.15) is 5.65 Å². The lowest BCUT2D eigenvalue weighted by molar-refractivity contribution is 0.567. The number of rotatable bonds is 4. The second-order valence-corrected chi connectivity index (χ2v) is 6.13. The lowest BCUT2D eigenvalue weighted by Crippen LogP contribution is -2.22. The predicted molar refractivity (Wildman–Crippen MR) is 93.2 cm³/mol. The van der Waals surface area contributed by atoms with E-state index in [1.54, 1.807) is 18.3 Å². The Morgan fingerprint density at radius 2 is 2.04 bits per heavy atom. The summed E-state index contributed by atoms with van der Waals surface area (Å²) >= 11 is 12.1. The molecule has 0 saturated carbocycles. The second-order valence-electron chi connectivity index (χ2n) is 5.28. The van der Waals surface area contributed by atoms with Crippen LogP contribution >= 0.6 is 23.2 Å². The third-order valence-electron chi connectivity index (χ3n) is 3.64. The summed E-state index contributed by atoms with van der Waals surface area (Å²) in [6.45, 7) is 2.48. The van der Waals surface area contributed by atoms with Crippen LogP contribution in [0.2, 0.25) is 10.0 Å². The molecule has 0 aliphatic carbocycles. The first kappa shape index (κ1) is 16.0. The summed E-state index contributed by atoms with van der Waals surface area (Å²) in [5.74, 6) is 0. The molecule has 0 amide bonds. The van der Waals surface area contributed by atoms with Crippen LogP contribution in [0.15, 0.2) is 53.5 Å². The summed E-state index contributed by atoms with van der Waals surface area (Å²) in [4.78, 5) is 16.5. The number of fused-ring (bicyclic) bond motifs is 1. The predicted octanol–water partition coefficient (Wildman–Crippen LogP) is 3.85. The highest BCUT2D eigenvalue weighted by Gasteiger charge is 2.10. The van der Waals surface area contributed by atoms with Gasteiger partial charge in [0, 0.05) is 34.9 Å². The highest BCUT2D eigenvalue weighted by atomic mass is 35.5. The van der Waals surface area contributed by atoms with Gasteiger partial charge in [-0.1, -0.05) is 35.3 Å². The van der Waals surface area contributed by atoms with Gasteiger partial charge in [0.05, 0.1) is 5.69 Å². The van der Waals surface area contributed by atoms with Crippen molar-refractivity contribution >= 4 is 28.8 Å². The van der Waals surface area contributed by atoms with Crippen LogP contribution in [0.5, 0.6) is 0 Å². The summed E-state index contributed by atoms with van der Waals surface area (Å²) in [5.41, 5.74) is 2.19. The molecule has 2 aromatic heterocycles. The minimum absolute atomic E-state index is 0.00999. The molecule has 2 heterocycles. The quantitative estimate of drug-likeness (QED) is 0.779. The molecule has 1 aromatic carbocycles. The van der Waals surface area contributed by atoms with Gasteiger partial charge in [-0.25, -0.2) is 4.98 Å². The van der Waals surface area contributed by atoms with E-state index in [0.717, 1.165) is 5.56 Å². The number of aromatic nitrogens is 2. The first-order valence-corrected chi connectivity index (χ1v) is 7.96. The molecule has 0 aliphatic rings. The monoisotopic (exact) mass is 347 g/mol. The lowest BCUT2D eigenvalue weighted by Gasteiger charge is -2.16. The third-order valence-corrected chi connectivity index (χ3v) is 4.20. The van der Waals surface area contributed by atoms with Crippen LogP contribution in [0.3, 0.4) is 0 Å². The van der Waals surface area contributed by atoms with Crippen molar-refractivity contribution in [3.05, 3.63) is 80.3 Å². The summed E-state index contributed by atoms with van der Waals surface area (Å²) < 4.78 is 1.52. The molecular formula is C17H15Cl2N3O. The number of nitrogens with one attached hydrogen (secondary N) is 1. The first-order chi connectivity index (χ1) is 11.0. The van der Waals surface area contributed by atoms with Crippen molar-refractivity contribution in [3.63, 3.8) is 0 Å². The van der Waals surface area contributed by atoms with Crippen LogP contribution in [-0.2, 0) is 6.54 Å². The Morgan fingerprint density at radius 1 is 1.22 bits per heavy atom. The molecule has 0 radical (unpaired) electrons. The third kappa shape index (κ3) is 3.55. The molecule has 23 heavy (non-hydrogen) atoms. The van der Waals surface area contributed by atoms with E-state index in [0.29, 0.717) is 27.9 Å². The molecule has 0 saturated heterocycles. The zero-order chi connectivity index (χ0) is 16.4. The van der Waals surface area contributed by atoms with Crippen LogP contribution in [0, 0.1) is 0 Å². The first-order valence-electron chi connectivity index (χ1n) is 7.20. The molecule has 0 spiro atoms. The van der Waals surface area contributed by atoms with Gasteiger partial charge in [-0.15, -0.1) is 0 Å². The van der Waals surface area contributed by atoms with E-state index in [1.807, 2.05) is 31.2 Å². The average Bonchev–Trinajstić information content (AvgIpc) is 2.53. The standard InChI is InChI=1S/C17H15Cl2N3O/c1-11(14-6-5-12(18)8-15(14)19)20-10-13-9-17(23)22-7-3-2-4-16(22)21-13/h2-9,11,20H,10H2,1H3. The summed E-state index contributed by atoms with van der Waals surface area (Å²) in [6, 6.07) is 12.4.